The van der Waals surface area contributed by atoms with Gasteiger partial charge in [-0.3, -0.25) is 4.98 Å². The highest BCUT2D eigenvalue weighted by molar-refractivity contribution is 6.30. The average molecular weight is 450 g/mol. The number of rotatable bonds is 5. The Hall–Kier alpha value is -3.26. The zero-order valence-corrected chi connectivity index (χ0v) is 18.8. The highest BCUT2D eigenvalue weighted by Gasteiger charge is 2.19. The third-order valence-corrected chi connectivity index (χ3v) is 5.39. The largest absolute Gasteiger partial charge is 0.364 e. The molecule has 0 aliphatic heterocycles. The number of aliphatic hydroxyl groups is 2. The second kappa shape index (κ2) is 9.08. The Bertz CT molecular complexity index is 1260. The fourth-order valence-electron chi connectivity index (χ4n) is 3.42. The third kappa shape index (κ3) is 4.65. The van der Waals surface area contributed by atoms with E-state index >= 15 is 0 Å². The van der Waals surface area contributed by atoms with Crippen LogP contribution in [0.4, 0.5) is 5.82 Å². The molecule has 0 saturated heterocycles. The molecule has 164 valence electrons. The molecule has 0 saturated carbocycles. The van der Waals surface area contributed by atoms with Gasteiger partial charge in [0.1, 0.15) is 5.82 Å². The number of anilines is 1. The zero-order chi connectivity index (χ0) is 22.8. The lowest BCUT2D eigenvalue weighted by atomic mass is 10.1. The first kappa shape index (κ1) is 22.0. The maximum Gasteiger partial charge on any atom is 0.177 e. The number of aryl methyl sites for hydroxylation is 2. The van der Waals surface area contributed by atoms with Crippen molar-refractivity contribution in [2.75, 3.05) is 5.32 Å². The van der Waals surface area contributed by atoms with Crippen LogP contribution in [0.25, 0.3) is 17.1 Å². The molecule has 7 nitrogen and oxygen atoms in total. The van der Waals surface area contributed by atoms with E-state index in [9.17, 15) is 10.2 Å². The normalized spacial score (nSPS) is 14.0. The Morgan fingerprint density at radius 1 is 1.12 bits per heavy atom. The lowest BCUT2D eigenvalue weighted by Gasteiger charge is -2.16. The molecule has 4 rings (SSSR count). The van der Waals surface area contributed by atoms with E-state index in [1.807, 2.05) is 69.3 Å². The van der Waals surface area contributed by atoms with E-state index in [1.165, 1.54) is 0 Å². The Morgan fingerprint density at radius 3 is 2.69 bits per heavy atom. The van der Waals surface area contributed by atoms with Crippen LogP contribution in [-0.4, -0.2) is 36.3 Å². The molecule has 1 aliphatic rings. The summed E-state index contributed by atoms with van der Waals surface area (Å²) in [4.78, 5) is 9.06. The number of hydrogen-bond donors (Lipinski definition) is 3. The number of aliphatic hydroxyl groups excluding tert-OH is 1. The summed E-state index contributed by atoms with van der Waals surface area (Å²) in [5, 5.41) is 28.6. The van der Waals surface area contributed by atoms with Crippen LogP contribution in [0.1, 0.15) is 24.7 Å². The summed E-state index contributed by atoms with van der Waals surface area (Å²) in [6, 6.07) is 9.32. The van der Waals surface area contributed by atoms with E-state index in [-0.39, 0.29) is 0 Å². The number of allylic oxidation sites excluding steroid dienone is 4. The number of aromatic nitrogens is 4. The van der Waals surface area contributed by atoms with E-state index in [4.69, 9.17) is 16.7 Å². The molecular weight excluding hydrogens is 426 g/mol. The molecule has 0 unspecified atom stereocenters. The fourth-order valence-corrected chi connectivity index (χ4v) is 3.61. The van der Waals surface area contributed by atoms with Gasteiger partial charge < -0.3 is 15.5 Å². The summed E-state index contributed by atoms with van der Waals surface area (Å²) in [5.41, 5.74) is 5.10. The molecule has 0 radical (unpaired) electrons. The first-order valence-corrected chi connectivity index (χ1v) is 10.6. The summed E-state index contributed by atoms with van der Waals surface area (Å²) >= 11 is 6.20. The first-order chi connectivity index (χ1) is 15.3. The summed E-state index contributed by atoms with van der Waals surface area (Å²) in [6.45, 7) is 5.71. The minimum absolute atomic E-state index is 0.414. The van der Waals surface area contributed by atoms with Crippen molar-refractivity contribution in [3.05, 3.63) is 88.0 Å². The molecule has 2 heterocycles. The third-order valence-electron chi connectivity index (χ3n) is 5.16. The quantitative estimate of drug-likeness (QED) is 0.497. The van der Waals surface area contributed by atoms with E-state index < -0.39 is 6.29 Å². The molecule has 0 atom stereocenters. The van der Waals surface area contributed by atoms with Crippen molar-refractivity contribution in [1.29, 1.82) is 0 Å². The Morgan fingerprint density at radius 2 is 1.94 bits per heavy atom. The Labute approximate surface area is 191 Å². The van der Waals surface area contributed by atoms with Crippen molar-refractivity contribution in [1.82, 2.24) is 19.7 Å². The summed E-state index contributed by atoms with van der Waals surface area (Å²) in [6.07, 6.45) is 6.24. The van der Waals surface area contributed by atoms with Gasteiger partial charge in [0.25, 0.3) is 0 Å². The molecule has 3 N–H and O–H groups in total. The van der Waals surface area contributed by atoms with Gasteiger partial charge in [0, 0.05) is 34.1 Å². The minimum Gasteiger partial charge on any atom is -0.364 e. The van der Waals surface area contributed by atoms with Gasteiger partial charge in [0.05, 0.1) is 17.1 Å². The molecule has 3 aromatic rings. The molecule has 0 amide bonds. The highest BCUT2D eigenvalue weighted by atomic mass is 35.5. The standard InChI is InChI=1S/C24H24ClN5O2/c1-14-7-9-19(24(31)32)20(10-8-14)28-22-12-21(17-5-4-6-18(25)11-17)29-30(22)23-16(3)26-13-15(2)27-23/h4-8,10-13,24,28,31-32H,9H2,1-3H3. The molecule has 32 heavy (non-hydrogen) atoms. The molecular formula is C24H24ClN5O2. The van der Waals surface area contributed by atoms with E-state index in [0.717, 1.165) is 16.8 Å². The van der Waals surface area contributed by atoms with Gasteiger partial charge in [-0.2, -0.15) is 9.78 Å². The van der Waals surface area contributed by atoms with Crippen LogP contribution < -0.4 is 5.32 Å². The van der Waals surface area contributed by atoms with Crippen LogP contribution in [0.5, 0.6) is 0 Å². The summed E-state index contributed by atoms with van der Waals surface area (Å²) < 4.78 is 1.68. The van der Waals surface area contributed by atoms with Gasteiger partial charge in [-0.1, -0.05) is 41.5 Å². The SMILES string of the molecule is CC1=CCC(C(O)O)=C(Nc2cc(-c3cccc(Cl)c3)nn2-c2nc(C)cnc2C)C=C1. The predicted octanol–water partition coefficient (Wildman–Crippen LogP) is 4.48. The van der Waals surface area contributed by atoms with Gasteiger partial charge in [0.15, 0.2) is 12.1 Å². The maximum absolute atomic E-state index is 9.95. The van der Waals surface area contributed by atoms with Crippen LogP contribution in [0.2, 0.25) is 5.02 Å². The van der Waals surface area contributed by atoms with Crippen molar-refractivity contribution in [2.45, 2.75) is 33.5 Å². The molecule has 1 aromatic carbocycles. The van der Waals surface area contributed by atoms with E-state index in [0.29, 0.717) is 45.7 Å². The van der Waals surface area contributed by atoms with Crippen LogP contribution in [0.3, 0.4) is 0 Å². The highest BCUT2D eigenvalue weighted by Crippen LogP contribution is 2.29. The first-order valence-electron chi connectivity index (χ1n) is 10.2. The molecule has 2 aromatic heterocycles. The topological polar surface area (TPSA) is 96.1 Å². The maximum atomic E-state index is 9.95. The van der Waals surface area contributed by atoms with Crippen molar-refractivity contribution in [3.63, 3.8) is 0 Å². The van der Waals surface area contributed by atoms with Crippen LogP contribution in [0, 0.1) is 13.8 Å². The van der Waals surface area contributed by atoms with E-state index in [1.54, 1.807) is 10.9 Å². The second-order valence-corrected chi connectivity index (χ2v) is 8.12. The zero-order valence-electron chi connectivity index (χ0n) is 18.0. The fraction of sp³-hybridized carbons (Fsp3) is 0.208. The number of nitrogens with one attached hydrogen (secondary N) is 1. The Kier molecular flexibility index (Phi) is 6.23. The van der Waals surface area contributed by atoms with Crippen LogP contribution >= 0.6 is 11.6 Å². The lowest BCUT2D eigenvalue weighted by molar-refractivity contribution is -0.00966. The number of hydrogen-bond acceptors (Lipinski definition) is 6. The van der Waals surface area contributed by atoms with Crippen LogP contribution in [-0.2, 0) is 0 Å². The smallest absolute Gasteiger partial charge is 0.177 e. The van der Waals surface area contributed by atoms with Gasteiger partial charge in [-0.25, -0.2) is 4.98 Å². The Balaban J connectivity index is 1.86. The second-order valence-electron chi connectivity index (χ2n) is 7.68. The van der Waals surface area contributed by atoms with Crippen molar-refractivity contribution in [3.8, 4) is 17.1 Å². The van der Waals surface area contributed by atoms with Gasteiger partial charge >= 0.3 is 0 Å². The van der Waals surface area contributed by atoms with E-state index in [2.05, 4.69) is 15.3 Å². The molecule has 0 fully saturated rings. The van der Waals surface area contributed by atoms with Crippen molar-refractivity contribution < 1.29 is 10.2 Å². The molecule has 0 spiro atoms. The monoisotopic (exact) mass is 449 g/mol. The van der Waals surface area contributed by atoms with Gasteiger partial charge in [-0.05, 0) is 45.4 Å². The molecule has 0 bridgehead atoms. The van der Waals surface area contributed by atoms with Crippen LogP contribution in [0.15, 0.2) is 71.6 Å². The molecule has 1 aliphatic carbocycles. The van der Waals surface area contributed by atoms with Gasteiger partial charge in [-0.15, -0.1) is 0 Å². The molecule has 8 heteroatoms. The lowest BCUT2D eigenvalue weighted by Crippen LogP contribution is -2.16. The van der Waals surface area contributed by atoms with Crippen molar-refractivity contribution in [2.24, 2.45) is 0 Å². The number of halogens is 1. The summed E-state index contributed by atoms with van der Waals surface area (Å²) in [7, 11) is 0. The number of benzene rings is 1. The predicted molar refractivity (Wildman–Crippen MR) is 125 cm³/mol. The number of nitrogens with zero attached hydrogens (tertiary/aromatic N) is 4. The average Bonchev–Trinajstić information content (AvgIpc) is 3.07. The summed E-state index contributed by atoms with van der Waals surface area (Å²) in [5.74, 6) is 1.19. The van der Waals surface area contributed by atoms with Gasteiger partial charge in [0.2, 0.25) is 0 Å². The van der Waals surface area contributed by atoms with Crippen molar-refractivity contribution >= 4 is 17.4 Å². The minimum atomic E-state index is -1.59.